The van der Waals surface area contributed by atoms with Crippen molar-refractivity contribution in [2.24, 2.45) is 0 Å². The van der Waals surface area contributed by atoms with Crippen LogP contribution in [0.4, 0.5) is 10.5 Å². The number of ether oxygens (including phenoxy) is 1. The van der Waals surface area contributed by atoms with Gasteiger partial charge in [-0.15, -0.1) is 0 Å². The second-order valence-electron chi connectivity index (χ2n) is 7.51. The van der Waals surface area contributed by atoms with Crippen LogP contribution in [0.5, 0.6) is 5.75 Å². The van der Waals surface area contributed by atoms with Gasteiger partial charge >= 0.3 is 0 Å². The first kappa shape index (κ1) is 22.6. The highest BCUT2D eigenvalue weighted by molar-refractivity contribution is 8.18. The smallest absolute Gasteiger partial charge is 0.294 e. The summed E-state index contributed by atoms with van der Waals surface area (Å²) in [7, 11) is 0. The Hall–Kier alpha value is -3.06. The average Bonchev–Trinajstić information content (AvgIpc) is 2.97. The maximum atomic E-state index is 12.7. The number of carbonyl (C=O) groups is 3. The zero-order valence-electron chi connectivity index (χ0n) is 18.2. The molecule has 0 radical (unpaired) electrons. The van der Waals surface area contributed by atoms with E-state index in [9.17, 15) is 14.4 Å². The molecule has 0 spiro atoms. The monoisotopic (exact) mass is 438 g/mol. The molecule has 31 heavy (non-hydrogen) atoms. The molecule has 1 aliphatic rings. The molecule has 7 heteroatoms. The molecule has 162 valence electrons. The van der Waals surface area contributed by atoms with Gasteiger partial charge in [-0.2, -0.15) is 0 Å². The standard InChI is InChI=1S/C24H26N2O4S/c1-5-10-30-19-8-6-18(7-9-19)13-20-23(28)26(24(29)31-20)14-21(27)25-22-16(3)11-15(2)12-17(22)4/h6-9,11-13H,5,10,14H2,1-4H3,(H,25,27)/b20-13-. The van der Waals surface area contributed by atoms with E-state index in [0.717, 1.165) is 51.1 Å². The van der Waals surface area contributed by atoms with Crippen molar-refractivity contribution in [1.29, 1.82) is 0 Å². The van der Waals surface area contributed by atoms with Crippen LogP contribution >= 0.6 is 11.8 Å². The quantitative estimate of drug-likeness (QED) is 0.611. The summed E-state index contributed by atoms with van der Waals surface area (Å²) in [6.45, 7) is 8.17. The molecule has 3 amide bonds. The third-order valence-electron chi connectivity index (χ3n) is 4.77. The molecule has 0 aromatic heterocycles. The minimum Gasteiger partial charge on any atom is -0.494 e. The second kappa shape index (κ2) is 9.83. The Kier molecular flexibility index (Phi) is 7.17. The topological polar surface area (TPSA) is 75.7 Å². The van der Waals surface area contributed by atoms with E-state index in [1.54, 1.807) is 6.08 Å². The fourth-order valence-corrected chi connectivity index (χ4v) is 4.21. The van der Waals surface area contributed by atoms with Gasteiger partial charge in [0.25, 0.3) is 11.1 Å². The molecule has 1 N–H and O–H groups in total. The van der Waals surface area contributed by atoms with Gasteiger partial charge in [-0.25, -0.2) is 0 Å². The van der Waals surface area contributed by atoms with E-state index in [2.05, 4.69) is 5.32 Å². The summed E-state index contributed by atoms with van der Waals surface area (Å²) in [5.74, 6) is -0.115. The number of carbonyl (C=O) groups excluding carboxylic acids is 3. The van der Waals surface area contributed by atoms with Crippen molar-refractivity contribution in [1.82, 2.24) is 4.90 Å². The summed E-state index contributed by atoms with van der Waals surface area (Å²) in [6.07, 6.45) is 2.58. The third kappa shape index (κ3) is 5.55. The van der Waals surface area contributed by atoms with E-state index in [1.165, 1.54) is 0 Å². The first-order chi connectivity index (χ1) is 14.8. The molecule has 1 saturated heterocycles. The van der Waals surface area contributed by atoms with Gasteiger partial charge in [-0.1, -0.05) is 36.8 Å². The van der Waals surface area contributed by atoms with Gasteiger partial charge in [-0.05, 0) is 73.9 Å². The predicted octanol–water partition coefficient (Wildman–Crippen LogP) is 5.08. The van der Waals surface area contributed by atoms with E-state index in [1.807, 2.05) is 64.1 Å². The SMILES string of the molecule is CCCOc1ccc(/C=C2\SC(=O)N(CC(=O)Nc3c(C)cc(C)cc3C)C2=O)cc1. The van der Waals surface area contributed by atoms with Crippen molar-refractivity contribution < 1.29 is 19.1 Å². The highest BCUT2D eigenvalue weighted by Gasteiger charge is 2.36. The van der Waals surface area contributed by atoms with Gasteiger partial charge in [-0.3, -0.25) is 19.3 Å². The fourth-order valence-electron chi connectivity index (χ4n) is 3.37. The third-order valence-corrected chi connectivity index (χ3v) is 5.67. The Morgan fingerprint density at radius 2 is 1.74 bits per heavy atom. The van der Waals surface area contributed by atoms with Gasteiger partial charge in [0.15, 0.2) is 0 Å². The molecule has 1 aliphatic heterocycles. The lowest BCUT2D eigenvalue weighted by Gasteiger charge is -2.15. The van der Waals surface area contributed by atoms with Crippen LogP contribution in [-0.2, 0) is 9.59 Å². The van der Waals surface area contributed by atoms with E-state index in [4.69, 9.17) is 4.74 Å². The molecule has 1 fully saturated rings. The highest BCUT2D eigenvalue weighted by atomic mass is 32.2. The van der Waals surface area contributed by atoms with Crippen molar-refractivity contribution in [2.75, 3.05) is 18.5 Å². The van der Waals surface area contributed by atoms with E-state index in [0.29, 0.717) is 17.2 Å². The number of benzene rings is 2. The maximum Gasteiger partial charge on any atom is 0.294 e. The molecule has 3 rings (SSSR count). The zero-order chi connectivity index (χ0) is 22.5. The second-order valence-corrected chi connectivity index (χ2v) is 8.50. The summed E-state index contributed by atoms with van der Waals surface area (Å²) in [5.41, 5.74) is 4.47. The van der Waals surface area contributed by atoms with Crippen LogP contribution < -0.4 is 10.1 Å². The number of amides is 3. The molecule has 2 aromatic rings. The Balaban J connectivity index is 1.67. The summed E-state index contributed by atoms with van der Waals surface area (Å²) < 4.78 is 5.55. The van der Waals surface area contributed by atoms with Gasteiger partial charge in [0.05, 0.1) is 11.5 Å². The van der Waals surface area contributed by atoms with Crippen LogP contribution in [0.25, 0.3) is 6.08 Å². The van der Waals surface area contributed by atoms with Crippen molar-refractivity contribution in [3.63, 3.8) is 0 Å². The van der Waals surface area contributed by atoms with Crippen LogP contribution in [0.3, 0.4) is 0 Å². The molecular weight excluding hydrogens is 412 g/mol. The number of imide groups is 1. The summed E-state index contributed by atoms with van der Waals surface area (Å²) in [6, 6.07) is 11.3. The fraction of sp³-hybridized carbons (Fsp3) is 0.292. The average molecular weight is 439 g/mol. The molecule has 0 bridgehead atoms. The van der Waals surface area contributed by atoms with Gasteiger partial charge in [0.2, 0.25) is 5.91 Å². The Bertz CT molecular complexity index is 1020. The molecule has 1 heterocycles. The Labute approximate surface area is 186 Å². The van der Waals surface area contributed by atoms with Crippen molar-refractivity contribution >= 4 is 40.6 Å². The van der Waals surface area contributed by atoms with E-state index < -0.39 is 17.1 Å². The van der Waals surface area contributed by atoms with E-state index in [-0.39, 0.29) is 6.54 Å². The lowest BCUT2D eigenvalue weighted by Crippen LogP contribution is -2.36. The normalized spacial score (nSPS) is 15.0. The minimum absolute atomic E-state index is 0.294. The number of hydrogen-bond donors (Lipinski definition) is 1. The number of anilines is 1. The molecule has 0 atom stereocenters. The summed E-state index contributed by atoms with van der Waals surface area (Å²) in [5, 5.41) is 2.38. The highest BCUT2D eigenvalue weighted by Crippen LogP contribution is 2.32. The number of thioether (sulfide) groups is 1. The van der Waals surface area contributed by atoms with Crippen LogP contribution in [0, 0.1) is 20.8 Å². The number of nitrogens with one attached hydrogen (secondary N) is 1. The van der Waals surface area contributed by atoms with Crippen LogP contribution in [0.15, 0.2) is 41.3 Å². The number of aryl methyl sites for hydroxylation is 3. The Morgan fingerprint density at radius 1 is 1.10 bits per heavy atom. The molecular formula is C24H26N2O4S. The van der Waals surface area contributed by atoms with E-state index >= 15 is 0 Å². The van der Waals surface area contributed by atoms with Crippen molar-refractivity contribution in [3.8, 4) is 5.75 Å². The van der Waals surface area contributed by atoms with Crippen molar-refractivity contribution in [2.45, 2.75) is 34.1 Å². The van der Waals surface area contributed by atoms with Gasteiger partial charge in [0, 0.05) is 5.69 Å². The molecule has 2 aromatic carbocycles. The zero-order valence-corrected chi connectivity index (χ0v) is 19.0. The van der Waals surface area contributed by atoms with Crippen LogP contribution in [0.1, 0.15) is 35.6 Å². The molecule has 0 saturated carbocycles. The predicted molar refractivity (Wildman–Crippen MR) is 124 cm³/mol. The first-order valence-corrected chi connectivity index (χ1v) is 11.0. The van der Waals surface area contributed by atoms with Gasteiger partial charge < -0.3 is 10.1 Å². The van der Waals surface area contributed by atoms with Crippen LogP contribution in [-0.4, -0.2) is 35.1 Å². The van der Waals surface area contributed by atoms with Crippen molar-refractivity contribution in [3.05, 3.63) is 63.6 Å². The van der Waals surface area contributed by atoms with Crippen LogP contribution in [0.2, 0.25) is 0 Å². The number of nitrogens with zero attached hydrogens (tertiary/aromatic N) is 1. The lowest BCUT2D eigenvalue weighted by molar-refractivity contribution is -0.127. The minimum atomic E-state index is -0.464. The molecule has 0 aliphatic carbocycles. The Morgan fingerprint density at radius 3 is 2.35 bits per heavy atom. The number of hydrogen-bond acceptors (Lipinski definition) is 5. The summed E-state index contributed by atoms with van der Waals surface area (Å²) in [4.78, 5) is 38.9. The lowest BCUT2D eigenvalue weighted by atomic mass is 10.1. The summed E-state index contributed by atoms with van der Waals surface area (Å²) >= 11 is 0.839. The maximum absolute atomic E-state index is 12.7. The molecule has 0 unspecified atom stereocenters. The first-order valence-electron chi connectivity index (χ1n) is 10.1. The molecule has 6 nitrogen and oxygen atoms in total. The number of rotatable bonds is 7. The van der Waals surface area contributed by atoms with Gasteiger partial charge in [0.1, 0.15) is 12.3 Å². The largest absolute Gasteiger partial charge is 0.494 e.